The molecule has 5 nitrogen and oxygen atoms in total. The van der Waals surface area contributed by atoms with Crippen LogP contribution in [0.1, 0.15) is 49.8 Å². The predicted octanol–water partition coefficient (Wildman–Crippen LogP) is 2.35. The van der Waals surface area contributed by atoms with Gasteiger partial charge in [-0.1, -0.05) is 26.0 Å². The second-order valence-corrected chi connectivity index (χ2v) is 5.19. The highest BCUT2D eigenvalue weighted by Gasteiger charge is 2.15. The van der Waals surface area contributed by atoms with E-state index in [4.69, 9.17) is 4.74 Å². The maximum atomic E-state index is 12.1. The number of hydrogen-bond acceptors (Lipinski definition) is 3. The molecular formula is C15H25N3O2. The first-order chi connectivity index (χ1) is 9.45. The van der Waals surface area contributed by atoms with Crippen molar-refractivity contribution in [1.82, 2.24) is 15.1 Å². The minimum Gasteiger partial charge on any atom is -0.375 e. The van der Waals surface area contributed by atoms with Crippen LogP contribution < -0.4 is 5.32 Å². The van der Waals surface area contributed by atoms with E-state index in [1.54, 1.807) is 4.68 Å². The average molecular weight is 279 g/mol. The van der Waals surface area contributed by atoms with E-state index in [-0.39, 0.29) is 5.91 Å². The van der Waals surface area contributed by atoms with Gasteiger partial charge in [-0.3, -0.25) is 9.48 Å². The van der Waals surface area contributed by atoms with Crippen LogP contribution in [0.3, 0.4) is 0 Å². The van der Waals surface area contributed by atoms with Crippen LogP contribution >= 0.6 is 0 Å². The SMILES string of the molecule is C=C(C)COCCNC(=O)c1cc(C(C)C)nn1CC. The summed E-state index contributed by atoms with van der Waals surface area (Å²) in [6.45, 7) is 13.9. The van der Waals surface area contributed by atoms with Crippen LogP contribution in [0.5, 0.6) is 0 Å². The standard InChI is InChI=1S/C15H25N3O2/c1-6-18-14(9-13(17-18)12(4)5)15(19)16-7-8-20-10-11(2)3/h9,12H,2,6-8,10H2,1,3-5H3,(H,16,19). The van der Waals surface area contributed by atoms with Crippen molar-refractivity contribution in [3.63, 3.8) is 0 Å². The number of nitrogens with zero attached hydrogens (tertiary/aromatic N) is 2. The number of amides is 1. The van der Waals surface area contributed by atoms with Gasteiger partial charge < -0.3 is 10.1 Å². The Bertz CT molecular complexity index is 464. The van der Waals surface area contributed by atoms with Crippen molar-refractivity contribution in [1.29, 1.82) is 0 Å². The Morgan fingerprint density at radius 1 is 1.55 bits per heavy atom. The van der Waals surface area contributed by atoms with Gasteiger partial charge in [-0.25, -0.2) is 0 Å². The molecule has 0 atom stereocenters. The summed E-state index contributed by atoms with van der Waals surface area (Å²) in [6.07, 6.45) is 0. The normalized spacial score (nSPS) is 10.8. The minimum absolute atomic E-state index is 0.106. The lowest BCUT2D eigenvalue weighted by molar-refractivity contribution is 0.0916. The molecule has 1 amide bonds. The van der Waals surface area contributed by atoms with Gasteiger partial charge in [-0.15, -0.1) is 0 Å². The molecule has 1 rings (SSSR count). The van der Waals surface area contributed by atoms with Gasteiger partial charge in [0, 0.05) is 13.1 Å². The van der Waals surface area contributed by atoms with Gasteiger partial charge in [0.05, 0.1) is 18.9 Å². The van der Waals surface area contributed by atoms with Crippen LogP contribution in [0.25, 0.3) is 0 Å². The highest BCUT2D eigenvalue weighted by atomic mass is 16.5. The molecule has 5 heteroatoms. The van der Waals surface area contributed by atoms with E-state index in [9.17, 15) is 4.79 Å². The third-order valence-corrected chi connectivity index (χ3v) is 2.80. The van der Waals surface area contributed by atoms with Crippen molar-refractivity contribution in [3.05, 3.63) is 29.6 Å². The quantitative estimate of drug-likeness (QED) is 0.587. The van der Waals surface area contributed by atoms with E-state index in [2.05, 4.69) is 30.8 Å². The van der Waals surface area contributed by atoms with E-state index in [0.29, 0.717) is 37.9 Å². The van der Waals surface area contributed by atoms with Crippen molar-refractivity contribution >= 4 is 5.91 Å². The second kappa shape index (κ2) is 7.85. The highest BCUT2D eigenvalue weighted by Crippen LogP contribution is 2.14. The topological polar surface area (TPSA) is 56.1 Å². The molecule has 0 fully saturated rings. The van der Waals surface area contributed by atoms with Crippen molar-refractivity contribution in [3.8, 4) is 0 Å². The molecule has 1 aromatic heterocycles. The number of hydrogen-bond donors (Lipinski definition) is 1. The number of carbonyl (C=O) groups excluding carboxylic acids is 1. The molecule has 0 aliphatic carbocycles. The zero-order valence-electron chi connectivity index (χ0n) is 12.9. The molecule has 0 saturated heterocycles. The smallest absolute Gasteiger partial charge is 0.269 e. The first kappa shape index (κ1) is 16.4. The molecule has 0 saturated carbocycles. The molecule has 0 aromatic carbocycles. The Hall–Kier alpha value is -1.62. The van der Waals surface area contributed by atoms with E-state index >= 15 is 0 Å². The van der Waals surface area contributed by atoms with Crippen molar-refractivity contribution in [2.24, 2.45) is 0 Å². The Morgan fingerprint density at radius 3 is 2.80 bits per heavy atom. The second-order valence-electron chi connectivity index (χ2n) is 5.19. The summed E-state index contributed by atoms with van der Waals surface area (Å²) in [4.78, 5) is 12.1. The molecule has 0 unspecified atom stereocenters. The summed E-state index contributed by atoms with van der Waals surface area (Å²) in [6, 6.07) is 1.86. The summed E-state index contributed by atoms with van der Waals surface area (Å²) in [7, 11) is 0. The van der Waals surface area contributed by atoms with E-state index < -0.39 is 0 Å². The molecule has 1 heterocycles. The predicted molar refractivity (Wildman–Crippen MR) is 80.0 cm³/mol. The Balaban J connectivity index is 2.52. The third-order valence-electron chi connectivity index (χ3n) is 2.80. The molecule has 0 spiro atoms. The van der Waals surface area contributed by atoms with Gasteiger partial charge in [-0.05, 0) is 25.8 Å². The maximum Gasteiger partial charge on any atom is 0.269 e. The average Bonchev–Trinajstić information content (AvgIpc) is 2.82. The molecule has 1 aromatic rings. The van der Waals surface area contributed by atoms with Crippen LogP contribution in [0.2, 0.25) is 0 Å². The molecule has 112 valence electrons. The first-order valence-corrected chi connectivity index (χ1v) is 7.03. The van der Waals surface area contributed by atoms with Crippen molar-refractivity contribution in [2.45, 2.75) is 40.2 Å². The van der Waals surface area contributed by atoms with Crippen LogP contribution in [0, 0.1) is 0 Å². The molecular weight excluding hydrogens is 254 g/mol. The van der Waals surface area contributed by atoms with Gasteiger partial charge in [0.1, 0.15) is 5.69 Å². The maximum absolute atomic E-state index is 12.1. The Morgan fingerprint density at radius 2 is 2.25 bits per heavy atom. The van der Waals surface area contributed by atoms with Crippen LogP contribution in [0.4, 0.5) is 0 Å². The lowest BCUT2D eigenvalue weighted by atomic mass is 10.1. The monoisotopic (exact) mass is 279 g/mol. The number of rotatable bonds is 8. The molecule has 0 aliphatic rings. The summed E-state index contributed by atoms with van der Waals surface area (Å²) in [5, 5.41) is 7.28. The van der Waals surface area contributed by atoms with Crippen LogP contribution in [-0.4, -0.2) is 35.4 Å². The molecule has 20 heavy (non-hydrogen) atoms. The fraction of sp³-hybridized carbons (Fsp3) is 0.600. The van der Waals surface area contributed by atoms with Crippen LogP contribution in [0.15, 0.2) is 18.2 Å². The summed E-state index contributed by atoms with van der Waals surface area (Å²) in [5.74, 6) is 0.207. The molecule has 1 N–H and O–H groups in total. The largest absolute Gasteiger partial charge is 0.375 e. The Kier molecular flexibility index (Phi) is 6.45. The Labute approximate surface area is 121 Å². The molecule has 0 aliphatic heterocycles. The molecule has 0 bridgehead atoms. The van der Waals surface area contributed by atoms with Crippen molar-refractivity contribution < 1.29 is 9.53 Å². The number of nitrogens with one attached hydrogen (secondary N) is 1. The van der Waals surface area contributed by atoms with Gasteiger partial charge >= 0.3 is 0 Å². The fourth-order valence-corrected chi connectivity index (χ4v) is 1.72. The zero-order valence-corrected chi connectivity index (χ0v) is 12.9. The summed E-state index contributed by atoms with van der Waals surface area (Å²) < 4.78 is 7.08. The fourth-order valence-electron chi connectivity index (χ4n) is 1.72. The number of carbonyl (C=O) groups is 1. The number of aromatic nitrogens is 2. The first-order valence-electron chi connectivity index (χ1n) is 7.03. The van der Waals surface area contributed by atoms with Gasteiger partial charge in [0.2, 0.25) is 0 Å². The number of ether oxygens (including phenoxy) is 1. The van der Waals surface area contributed by atoms with E-state index in [1.165, 1.54) is 0 Å². The minimum atomic E-state index is -0.106. The van der Waals surface area contributed by atoms with E-state index in [0.717, 1.165) is 11.3 Å². The highest BCUT2D eigenvalue weighted by molar-refractivity contribution is 5.92. The molecule has 0 radical (unpaired) electrons. The van der Waals surface area contributed by atoms with Crippen LogP contribution in [-0.2, 0) is 11.3 Å². The van der Waals surface area contributed by atoms with Gasteiger partial charge in [0.15, 0.2) is 0 Å². The summed E-state index contributed by atoms with van der Waals surface area (Å²) in [5.41, 5.74) is 2.52. The van der Waals surface area contributed by atoms with Crippen molar-refractivity contribution in [2.75, 3.05) is 19.8 Å². The third kappa shape index (κ3) is 4.81. The lowest BCUT2D eigenvalue weighted by Gasteiger charge is -2.07. The lowest BCUT2D eigenvalue weighted by Crippen LogP contribution is -2.29. The summed E-state index contributed by atoms with van der Waals surface area (Å²) >= 11 is 0. The van der Waals surface area contributed by atoms with E-state index in [1.807, 2.05) is 19.9 Å². The van der Waals surface area contributed by atoms with Gasteiger partial charge in [-0.2, -0.15) is 5.10 Å². The zero-order chi connectivity index (χ0) is 15.1. The number of aryl methyl sites for hydroxylation is 1. The van der Waals surface area contributed by atoms with Gasteiger partial charge in [0.25, 0.3) is 5.91 Å².